The average molecular weight is 412 g/mol. The van der Waals surface area contributed by atoms with Crippen molar-refractivity contribution in [1.29, 1.82) is 0 Å². The molecular formula is C25H33NO4. The number of amides is 1. The first kappa shape index (κ1) is 25.0. The van der Waals surface area contributed by atoms with Gasteiger partial charge in [-0.05, 0) is 61.7 Å². The molecule has 1 unspecified atom stereocenters. The Balaban J connectivity index is 0.00000106. The van der Waals surface area contributed by atoms with Gasteiger partial charge in [0.25, 0.3) is 0 Å². The summed E-state index contributed by atoms with van der Waals surface area (Å²) in [5, 5.41) is 0. The topological polar surface area (TPSA) is 55.8 Å². The number of ether oxygens (including phenoxy) is 2. The number of benzene rings is 2. The van der Waals surface area contributed by atoms with Crippen LogP contribution in [0.1, 0.15) is 61.2 Å². The van der Waals surface area contributed by atoms with E-state index in [1.807, 2.05) is 62.9 Å². The lowest BCUT2D eigenvalue weighted by atomic mass is 10.1. The molecule has 0 radical (unpaired) electrons. The van der Waals surface area contributed by atoms with Crippen molar-refractivity contribution in [3.63, 3.8) is 0 Å². The molecule has 0 aliphatic carbocycles. The first-order valence-electron chi connectivity index (χ1n) is 10.3. The van der Waals surface area contributed by atoms with E-state index >= 15 is 0 Å². The molecular weight excluding hydrogens is 378 g/mol. The van der Waals surface area contributed by atoms with Crippen molar-refractivity contribution in [2.45, 2.75) is 46.6 Å². The number of aryl methyl sites for hydroxylation is 1. The van der Waals surface area contributed by atoms with Crippen LogP contribution in [0.3, 0.4) is 0 Å². The fourth-order valence-corrected chi connectivity index (χ4v) is 3.15. The smallest absolute Gasteiger partial charge is 0.337 e. The van der Waals surface area contributed by atoms with Crippen LogP contribution in [-0.4, -0.2) is 25.5 Å². The molecule has 0 bridgehead atoms. The van der Waals surface area contributed by atoms with E-state index in [0.717, 1.165) is 35.5 Å². The first-order chi connectivity index (χ1) is 14.5. The Bertz CT molecular complexity index is 847. The molecule has 30 heavy (non-hydrogen) atoms. The molecule has 2 aromatic rings. The summed E-state index contributed by atoms with van der Waals surface area (Å²) in [6.07, 6.45) is 1.30. The SMILES string of the molecule is C=C.CC.COC(=O)c1cccc(C(C)Oc2ccc(N3CCCC3=O)cc2C)c1. The van der Waals surface area contributed by atoms with Gasteiger partial charge in [0.1, 0.15) is 11.9 Å². The van der Waals surface area contributed by atoms with Gasteiger partial charge < -0.3 is 14.4 Å². The van der Waals surface area contributed by atoms with E-state index in [0.29, 0.717) is 12.0 Å². The van der Waals surface area contributed by atoms with Crippen LogP contribution in [0.15, 0.2) is 55.6 Å². The number of anilines is 1. The van der Waals surface area contributed by atoms with E-state index in [4.69, 9.17) is 9.47 Å². The summed E-state index contributed by atoms with van der Waals surface area (Å²) < 4.78 is 10.9. The minimum absolute atomic E-state index is 0.172. The number of hydrogen-bond donors (Lipinski definition) is 0. The highest BCUT2D eigenvalue weighted by atomic mass is 16.5. The summed E-state index contributed by atoms with van der Waals surface area (Å²) in [4.78, 5) is 25.4. The van der Waals surface area contributed by atoms with Gasteiger partial charge in [0.2, 0.25) is 5.91 Å². The molecule has 162 valence electrons. The summed E-state index contributed by atoms with van der Waals surface area (Å²) in [5.41, 5.74) is 3.28. The van der Waals surface area contributed by atoms with Crippen molar-refractivity contribution in [2.24, 2.45) is 0 Å². The molecule has 1 saturated heterocycles. The van der Waals surface area contributed by atoms with Crippen molar-refractivity contribution in [3.05, 3.63) is 72.3 Å². The highest BCUT2D eigenvalue weighted by molar-refractivity contribution is 5.95. The quantitative estimate of drug-likeness (QED) is 0.456. The van der Waals surface area contributed by atoms with E-state index in [-0.39, 0.29) is 18.0 Å². The molecule has 0 saturated carbocycles. The Kier molecular flexibility index (Phi) is 10.4. The zero-order chi connectivity index (χ0) is 22.7. The Hall–Kier alpha value is -3.08. The van der Waals surface area contributed by atoms with Crippen molar-refractivity contribution >= 4 is 17.6 Å². The van der Waals surface area contributed by atoms with Crippen LogP contribution in [0.4, 0.5) is 5.69 Å². The number of carbonyl (C=O) groups excluding carboxylic acids is 2. The van der Waals surface area contributed by atoms with E-state index in [2.05, 4.69) is 13.2 Å². The highest BCUT2D eigenvalue weighted by Crippen LogP contribution is 2.30. The van der Waals surface area contributed by atoms with Crippen molar-refractivity contribution < 1.29 is 19.1 Å². The van der Waals surface area contributed by atoms with Gasteiger partial charge in [0.05, 0.1) is 12.7 Å². The van der Waals surface area contributed by atoms with Gasteiger partial charge in [-0.2, -0.15) is 0 Å². The fourth-order valence-electron chi connectivity index (χ4n) is 3.15. The zero-order valence-corrected chi connectivity index (χ0v) is 18.7. The van der Waals surface area contributed by atoms with Crippen LogP contribution in [-0.2, 0) is 9.53 Å². The van der Waals surface area contributed by atoms with E-state index in [9.17, 15) is 9.59 Å². The van der Waals surface area contributed by atoms with Crippen LogP contribution >= 0.6 is 0 Å². The second-order valence-electron chi connectivity index (χ2n) is 6.48. The molecule has 1 atom stereocenters. The standard InChI is InChI=1S/C21H23NO4.C2H6.C2H4/c1-14-12-18(22-11-5-8-20(22)23)9-10-19(14)26-15(2)16-6-4-7-17(13-16)21(24)25-3;2*1-2/h4,6-7,9-10,12-13,15H,5,8,11H2,1-3H3;1-2H3;1-2H2. The van der Waals surface area contributed by atoms with Gasteiger partial charge in [-0.1, -0.05) is 26.0 Å². The lowest BCUT2D eigenvalue weighted by molar-refractivity contribution is -0.117. The third-order valence-electron chi connectivity index (χ3n) is 4.62. The molecule has 1 amide bonds. The number of esters is 1. The number of hydrogen-bond acceptors (Lipinski definition) is 4. The number of nitrogens with zero attached hydrogens (tertiary/aromatic N) is 1. The molecule has 1 aliphatic heterocycles. The lowest BCUT2D eigenvalue weighted by Gasteiger charge is -2.20. The monoisotopic (exact) mass is 411 g/mol. The van der Waals surface area contributed by atoms with E-state index in [1.165, 1.54) is 7.11 Å². The predicted molar refractivity (Wildman–Crippen MR) is 122 cm³/mol. The van der Waals surface area contributed by atoms with Gasteiger partial charge >= 0.3 is 5.97 Å². The van der Waals surface area contributed by atoms with Crippen molar-refractivity contribution in [2.75, 3.05) is 18.6 Å². The first-order valence-corrected chi connectivity index (χ1v) is 10.3. The van der Waals surface area contributed by atoms with Gasteiger partial charge in [-0.15, -0.1) is 13.2 Å². The molecule has 0 spiro atoms. The maximum absolute atomic E-state index is 11.9. The summed E-state index contributed by atoms with van der Waals surface area (Å²) in [6.45, 7) is 14.7. The lowest BCUT2D eigenvalue weighted by Crippen LogP contribution is -2.23. The van der Waals surface area contributed by atoms with Crippen molar-refractivity contribution in [3.8, 4) is 5.75 Å². The second-order valence-corrected chi connectivity index (χ2v) is 6.48. The molecule has 3 rings (SSSR count). The van der Waals surface area contributed by atoms with Crippen molar-refractivity contribution in [1.82, 2.24) is 0 Å². The number of methoxy groups -OCH3 is 1. The molecule has 2 aromatic carbocycles. The summed E-state index contributed by atoms with van der Waals surface area (Å²) in [5.74, 6) is 0.567. The summed E-state index contributed by atoms with van der Waals surface area (Å²) in [6, 6.07) is 13.0. The molecule has 5 heteroatoms. The Morgan fingerprint density at radius 2 is 1.83 bits per heavy atom. The van der Waals surface area contributed by atoms with Gasteiger partial charge in [-0.25, -0.2) is 4.79 Å². The molecule has 1 fully saturated rings. The van der Waals surface area contributed by atoms with Gasteiger partial charge in [0.15, 0.2) is 0 Å². The molecule has 1 aliphatic rings. The van der Waals surface area contributed by atoms with Gasteiger partial charge in [-0.3, -0.25) is 4.79 Å². The molecule has 0 aromatic heterocycles. The number of carbonyl (C=O) groups is 2. The second kappa shape index (κ2) is 12.5. The maximum atomic E-state index is 11.9. The summed E-state index contributed by atoms with van der Waals surface area (Å²) in [7, 11) is 1.37. The highest BCUT2D eigenvalue weighted by Gasteiger charge is 2.22. The Labute approximate surface area is 180 Å². The van der Waals surface area contributed by atoms with Gasteiger partial charge in [0, 0.05) is 18.7 Å². The van der Waals surface area contributed by atoms with Crippen LogP contribution in [0, 0.1) is 6.92 Å². The predicted octanol–water partition coefficient (Wildman–Crippen LogP) is 5.88. The average Bonchev–Trinajstić information content (AvgIpc) is 3.23. The third kappa shape index (κ3) is 6.21. The minimum Gasteiger partial charge on any atom is -0.486 e. The third-order valence-corrected chi connectivity index (χ3v) is 4.62. The fraction of sp³-hybridized carbons (Fsp3) is 0.360. The largest absolute Gasteiger partial charge is 0.486 e. The van der Waals surface area contributed by atoms with E-state index < -0.39 is 0 Å². The molecule has 5 nitrogen and oxygen atoms in total. The normalized spacial score (nSPS) is 13.4. The van der Waals surface area contributed by atoms with Crippen LogP contribution in [0.5, 0.6) is 5.75 Å². The zero-order valence-electron chi connectivity index (χ0n) is 18.7. The molecule has 1 heterocycles. The molecule has 0 N–H and O–H groups in total. The Morgan fingerprint density at radius 3 is 2.40 bits per heavy atom. The van der Waals surface area contributed by atoms with Crippen LogP contribution in [0.2, 0.25) is 0 Å². The maximum Gasteiger partial charge on any atom is 0.337 e. The van der Waals surface area contributed by atoms with Crippen LogP contribution in [0.25, 0.3) is 0 Å². The Morgan fingerprint density at radius 1 is 1.13 bits per heavy atom. The van der Waals surface area contributed by atoms with E-state index in [1.54, 1.807) is 12.1 Å². The van der Waals surface area contributed by atoms with Crippen LogP contribution < -0.4 is 9.64 Å². The summed E-state index contributed by atoms with van der Waals surface area (Å²) >= 11 is 0. The number of rotatable bonds is 5. The minimum atomic E-state index is -0.366.